The van der Waals surface area contributed by atoms with Gasteiger partial charge in [-0.15, -0.1) is 0 Å². The number of carbonyl (C=O) groups is 1. The summed E-state index contributed by atoms with van der Waals surface area (Å²) < 4.78 is 5.21. The van der Waals surface area contributed by atoms with Crippen LogP contribution < -0.4 is 10.8 Å². The Labute approximate surface area is 98.5 Å². The van der Waals surface area contributed by atoms with Crippen molar-refractivity contribution in [2.45, 2.75) is 37.6 Å². The molecule has 0 radical (unpaired) electrons. The van der Waals surface area contributed by atoms with E-state index in [1.54, 1.807) is 0 Å². The van der Waals surface area contributed by atoms with Crippen molar-refractivity contribution < 1.29 is 29.7 Å². The first-order chi connectivity index (χ1) is 8.01. The Kier molecular flexibility index (Phi) is 5.25. The maximum atomic E-state index is 11.0. The van der Waals surface area contributed by atoms with Gasteiger partial charge < -0.3 is 25.4 Å². The minimum Gasteiger partial charge on any atom is -0.394 e. The molecule has 0 unspecified atom stereocenters. The first kappa shape index (κ1) is 14.3. The van der Waals surface area contributed by atoms with Crippen molar-refractivity contribution in [3.63, 3.8) is 0 Å². The zero-order valence-electron chi connectivity index (χ0n) is 9.66. The highest BCUT2D eigenvalue weighted by Gasteiger charge is 2.45. The number of carbonyl (C=O) groups excluding carboxylic acids is 1. The molecule has 1 aliphatic heterocycles. The number of hydroxylamine groups is 1. The predicted octanol–water partition coefficient (Wildman–Crippen LogP) is -2.92. The fourth-order valence-corrected chi connectivity index (χ4v) is 1.69. The second-order valence-electron chi connectivity index (χ2n) is 3.75. The molecular weight excluding hydrogens is 232 g/mol. The van der Waals surface area contributed by atoms with Crippen molar-refractivity contribution in [2.24, 2.45) is 0 Å². The molecular formula is C9H18N2O6. The lowest BCUT2D eigenvalue weighted by Crippen LogP contribution is -2.65. The van der Waals surface area contributed by atoms with Gasteiger partial charge in [0.2, 0.25) is 12.2 Å². The zero-order valence-corrected chi connectivity index (χ0v) is 9.66. The first-order valence-electron chi connectivity index (χ1n) is 5.23. The lowest BCUT2D eigenvalue weighted by atomic mass is 9.97. The van der Waals surface area contributed by atoms with E-state index in [2.05, 4.69) is 10.8 Å². The van der Waals surface area contributed by atoms with E-state index >= 15 is 0 Å². The van der Waals surface area contributed by atoms with Crippen molar-refractivity contribution in [3.8, 4) is 0 Å². The normalized spacial score (nSPS) is 37.8. The number of aliphatic hydroxyl groups is 3. The van der Waals surface area contributed by atoms with E-state index in [4.69, 9.17) is 14.7 Å². The van der Waals surface area contributed by atoms with E-state index in [0.717, 1.165) is 0 Å². The molecule has 0 saturated carbocycles. The van der Waals surface area contributed by atoms with Gasteiger partial charge in [0.1, 0.15) is 24.4 Å². The van der Waals surface area contributed by atoms with Crippen LogP contribution in [0.3, 0.4) is 0 Å². The molecule has 1 rings (SSSR count). The van der Waals surface area contributed by atoms with Crippen molar-refractivity contribution in [1.82, 2.24) is 10.8 Å². The molecule has 0 spiro atoms. The lowest BCUT2D eigenvalue weighted by molar-refractivity contribution is -0.284. The Morgan fingerprint density at radius 2 is 2.06 bits per heavy atom. The molecule has 1 fully saturated rings. The summed E-state index contributed by atoms with van der Waals surface area (Å²) in [6.07, 6.45) is -4.55. The molecule has 0 aromatic carbocycles. The van der Waals surface area contributed by atoms with Gasteiger partial charge in [-0.05, 0) is 0 Å². The summed E-state index contributed by atoms with van der Waals surface area (Å²) in [6, 6.07) is -0.919. The summed E-state index contributed by atoms with van der Waals surface area (Å²) >= 11 is 0. The van der Waals surface area contributed by atoms with E-state index < -0.39 is 43.2 Å². The Morgan fingerprint density at radius 1 is 1.41 bits per heavy atom. The average Bonchev–Trinajstić information content (AvgIpc) is 2.28. The molecule has 0 aliphatic carbocycles. The smallest absolute Gasteiger partial charge is 0.217 e. The van der Waals surface area contributed by atoms with Crippen molar-refractivity contribution in [2.75, 3.05) is 13.7 Å². The van der Waals surface area contributed by atoms with Crippen LogP contribution in [-0.2, 0) is 14.4 Å². The third-order valence-electron chi connectivity index (χ3n) is 2.48. The predicted molar refractivity (Wildman–Crippen MR) is 55.5 cm³/mol. The Morgan fingerprint density at radius 3 is 2.53 bits per heavy atom. The third-order valence-corrected chi connectivity index (χ3v) is 2.48. The maximum Gasteiger partial charge on any atom is 0.217 e. The number of rotatable bonds is 4. The van der Waals surface area contributed by atoms with E-state index in [1.165, 1.54) is 14.0 Å². The van der Waals surface area contributed by atoms with Crippen molar-refractivity contribution >= 4 is 5.91 Å². The highest BCUT2D eigenvalue weighted by Crippen LogP contribution is 2.21. The minimum absolute atomic E-state index is 0.392. The Balaban J connectivity index is 2.78. The molecule has 8 heteroatoms. The second kappa shape index (κ2) is 6.24. The van der Waals surface area contributed by atoms with Crippen LogP contribution >= 0.6 is 0 Å². The largest absolute Gasteiger partial charge is 0.394 e. The maximum absolute atomic E-state index is 11.0. The van der Waals surface area contributed by atoms with E-state index in [0.29, 0.717) is 0 Å². The molecule has 8 nitrogen and oxygen atoms in total. The van der Waals surface area contributed by atoms with Gasteiger partial charge in [0.25, 0.3) is 0 Å². The molecule has 5 atom stereocenters. The van der Waals surface area contributed by atoms with Crippen LogP contribution in [0.2, 0.25) is 0 Å². The minimum atomic E-state index is -1.30. The zero-order chi connectivity index (χ0) is 13.0. The molecule has 1 saturated heterocycles. The third kappa shape index (κ3) is 3.35. The van der Waals surface area contributed by atoms with E-state index in [1.807, 2.05) is 0 Å². The van der Waals surface area contributed by atoms with Crippen LogP contribution in [0, 0.1) is 0 Å². The number of aliphatic hydroxyl groups excluding tert-OH is 3. The van der Waals surface area contributed by atoms with Crippen molar-refractivity contribution in [1.29, 1.82) is 0 Å². The molecule has 5 N–H and O–H groups in total. The van der Waals surface area contributed by atoms with E-state index in [9.17, 15) is 15.0 Å². The van der Waals surface area contributed by atoms with Crippen LogP contribution in [0.4, 0.5) is 0 Å². The second-order valence-corrected chi connectivity index (χ2v) is 3.75. The summed E-state index contributed by atoms with van der Waals surface area (Å²) in [5.41, 5.74) is 2.37. The number of amides is 1. The number of hydrogen-bond acceptors (Lipinski definition) is 7. The van der Waals surface area contributed by atoms with E-state index in [-0.39, 0.29) is 0 Å². The van der Waals surface area contributed by atoms with Gasteiger partial charge >= 0.3 is 0 Å². The van der Waals surface area contributed by atoms with Crippen LogP contribution in [0.25, 0.3) is 0 Å². The van der Waals surface area contributed by atoms with Gasteiger partial charge in [0.15, 0.2) is 0 Å². The number of ether oxygens (including phenoxy) is 1. The molecule has 0 aromatic rings. The molecule has 100 valence electrons. The Hall–Kier alpha value is -0.770. The van der Waals surface area contributed by atoms with Crippen LogP contribution in [0.5, 0.6) is 0 Å². The fourth-order valence-electron chi connectivity index (χ4n) is 1.69. The van der Waals surface area contributed by atoms with Crippen LogP contribution in [-0.4, -0.2) is 65.5 Å². The average molecular weight is 250 g/mol. The SMILES string of the molecule is CNO[C@@H]1O[C@H](CO)[C@H](O)[C@H](O)[C@H]1NC(C)=O. The van der Waals surface area contributed by atoms with Crippen molar-refractivity contribution in [3.05, 3.63) is 0 Å². The quantitative estimate of drug-likeness (QED) is 0.339. The lowest BCUT2D eigenvalue weighted by Gasteiger charge is -2.41. The molecule has 1 amide bonds. The summed E-state index contributed by atoms with van der Waals surface area (Å²) in [5.74, 6) is -0.392. The first-order valence-corrected chi connectivity index (χ1v) is 5.23. The summed E-state index contributed by atoms with van der Waals surface area (Å²) in [7, 11) is 1.49. The van der Waals surface area contributed by atoms with Crippen LogP contribution in [0.15, 0.2) is 0 Å². The summed E-state index contributed by atoms with van der Waals surface area (Å²) in [6.45, 7) is 0.808. The van der Waals surface area contributed by atoms with Gasteiger partial charge in [0.05, 0.1) is 6.61 Å². The van der Waals surface area contributed by atoms with Crippen LogP contribution in [0.1, 0.15) is 6.92 Å². The van der Waals surface area contributed by atoms with Gasteiger partial charge in [0, 0.05) is 14.0 Å². The highest BCUT2D eigenvalue weighted by molar-refractivity contribution is 5.73. The number of hydrogen-bond donors (Lipinski definition) is 5. The van der Waals surface area contributed by atoms with Gasteiger partial charge in [-0.2, -0.15) is 0 Å². The standard InChI is InChI=1S/C9H18N2O6/c1-4(13)11-6-8(15)7(14)5(3-12)16-9(6)17-10-2/h5-10,12,14-15H,3H2,1-2H3,(H,11,13)/t5-,6-,7+,8-,9+/m1/s1. The summed E-state index contributed by atoms with van der Waals surface area (Å²) in [4.78, 5) is 16.0. The monoisotopic (exact) mass is 250 g/mol. The molecule has 0 bridgehead atoms. The Bertz CT molecular complexity index is 264. The summed E-state index contributed by atoms with van der Waals surface area (Å²) in [5, 5.41) is 30.9. The fraction of sp³-hybridized carbons (Fsp3) is 0.889. The number of nitrogens with one attached hydrogen (secondary N) is 2. The highest BCUT2D eigenvalue weighted by atomic mass is 16.8. The van der Waals surface area contributed by atoms with Gasteiger partial charge in [-0.1, -0.05) is 0 Å². The van der Waals surface area contributed by atoms with Gasteiger partial charge in [-0.25, -0.2) is 5.48 Å². The van der Waals surface area contributed by atoms with Gasteiger partial charge in [-0.3, -0.25) is 9.63 Å². The molecule has 1 aliphatic rings. The molecule has 1 heterocycles. The molecule has 17 heavy (non-hydrogen) atoms. The topological polar surface area (TPSA) is 120 Å². The molecule has 0 aromatic heterocycles.